The molecule has 0 atom stereocenters. The van der Waals surface area contributed by atoms with Gasteiger partial charge >= 0.3 is 0 Å². The van der Waals surface area contributed by atoms with Gasteiger partial charge < -0.3 is 20.4 Å². The first-order valence-corrected chi connectivity index (χ1v) is 8.24. The van der Waals surface area contributed by atoms with E-state index < -0.39 is 0 Å². The van der Waals surface area contributed by atoms with E-state index >= 15 is 0 Å². The number of rotatable bonds is 4. The standard InChI is InChI=1S/C18H22N4O3/c1-13-11-14(19)4-5-15(13)20-17(23)12-21-6-8-22(9-7-21)18(24)16-3-2-10-25-16/h2-5,10-11H,6-9,12,19H2,1H3,(H,20,23). The molecule has 7 nitrogen and oxygen atoms in total. The second-order valence-electron chi connectivity index (χ2n) is 6.17. The molecule has 3 rings (SSSR count). The number of hydrogen-bond donors (Lipinski definition) is 2. The molecule has 0 spiro atoms. The third-order valence-electron chi connectivity index (χ3n) is 4.28. The van der Waals surface area contributed by atoms with E-state index in [0.29, 0.717) is 44.2 Å². The molecule has 2 heterocycles. The number of benzene rings is 1. The number of furan rings is 1. The molecule has 1 aliphatic heterocycles. The van der Waals surface area contributed by atoms with Crippen LogP contribution in [0.1, 0.15) is 16.1 Å². The van der Waals surface area contributed by atoms with E-state index in [1.54, 1.807) is 23.1 Å². The Hall–Kier alpha value is -2.80. The van der Waals surface area contributed by atoms with Crippen LogP contribution in [0.4, 0.5) is 11.4 Å². The van der Waals surface area contributed by atoms with Crippen molar-refractivity contribution in [3.63, 3.8) is 0 Å². The third-order valence-corrected chi connectivity index (χ3v) is 4.28. The molecule has 1 aromatic carbocycles. The normalized spacial score (nSPS) is 15.2. The van der Waals surface area contributed by atoms with E-state index in [1.807, 2.05) is 24.0 Å². The molecule has 7 heteroatoms. The number of amides is 2. The van der Waals surface area contributed by atoms with Gasteiger partial charge in [0.1, 0.15) is 0 Å². The van der Waals surface area contributed by atoms with E-state index in [1.165, 1.54) is 6.26 Å². The summed E-state index contributed by atoms with van der Waals surface area (Å²) < 4.78 is 5.15. The highest BCUT2D eigenvalue weighted by molar-refractivity contribution is 5.93. The van der Waals surface area contributed by atoms with Crippen molar-refractivity contribution in [3.8, 4) is 0 Å². The quantitative estimate of drug-likeness (QED) is 0.823. The Bertz CT molecular complexity index is 750. The maximum absolute atomic E-state index is 12.2. The zero-order valence-corrected chi connectivity index (χ0v) is 14.2. The van der Waals surface area contributed by atoms with Crippen LogP contribution in [0.3, 0.4) is 0 Å². The van der Waals surface area contributed by atoms with Gasteiger partial charge in [-0.2, -0.15) is 0 Å². The summed E-state index contributed by atoms with van der Waals surface area (Å²) >= 11 is 0. The van der Waals surface area contributed by atoms with Gasteiger partial charge in [0.2, 0.25) is 5.91 Å². The monoisotopic (exact) mass is 342 g/mol. The first-order chi connectivity index (χ1) is 12.0. The van der Waals surface area contributed by atoms with Crippen molar-refractivity contribution in [1.29, 1.82) is 0 Å². The average Bonchev–Trinajstić information content (AvgIpc) is 3.12. The SMILES string of the molecule is Cc1cc(N)ccc1NC(=O)CN1CCN(C(=O)c2ccco2)CC1. The van der Waals surface area contributed by atoms with Gasteiger partial charge in [0, 0.05) is 37.6 Å². The lowest BCUT2D eigenvalue weighted by Crippen LogP contribution is -2.50. The number of carbonyl (C=O) groups excluding carboxylic acids is 2. The van der Waals surface area contributed by atoms with Gasteiger partial charge in [-0.3, -0.25) is 14.5 Å². The zero-order valence-electron chi connectivity index (χ0n) is 14.2. The Morgan fingerprint density at radius 3 is 2.60 bits per heavy atom. The van der Waals surface area contributed by atoms with Crippen LogP contribution in [0, 0.1) is 6.92 Å². The van der Waals surface area contributed by atoms with Crippen LogP contribution < -0.4 is 11.1 Å². The lowest BCUT2D eigenvalue weighted by molar-refractivity contribution is -0.117. The van der Waals surface area contributed by atoms with Crippen LogP contribution >= 0.6 is 0 Å². The topological polar surface area (TPSA) is 91.8 Å². The van der Waals surface area contributed by atoms with Crippen LogP contribution in [-0.2, 0) is 4.79 Å². The molecule has 1 fully saturated rings. The molecule has 3 N–H and O–H groups in total. The number of carbonyl (C=O) groups is 2. The smallest absolute Gasteiger partial charge is 0.289 e. The molecule has 0 saturated carbocycles. The second kappa shape index (κ2) is 7.40. The molecule has 0 aliphatic carbocycles. The Kier molecular flexibility index (Phi) is 5.04. The minimum atomic E-state index is -0.105. The van der Waals surface area contributed by atoms with Crippen LogP contribution in [0.5, 0.6) is 0 Å². The predicted octanol–water partition coefficient (Wildman–Crippen LogP) is 1.57. The summed E-state index contributed by atoms with van der Waals surface area (Å²) in [6, 6.07) is 8.77. The fraction of sp³-hybridized carbons (Fsp3) is 0.333. The van der Waals surface area contributed by atoms with Crippen molar-refractivity contribution >= 4 is 23.2 Å². The van der Waals surface area contributed by atoms with Crippen molar-refractivity contribution in [2.45, 2.75) is 6.92 Å². The summed E-state index contributed by atoms with van der Waals surface area (Å²) in [5.41, 5.74) is 8.10. The summed E-state index contributed by atoms with van der Waals surface area (Å²) in [7, 11) is 0. The average molecular weight is 342 g/mol. The molecule has 2 amide bonds. The first kappa shape index (κ1) is 17.0. The zero-order chi connectivity index (χ0) is 17.8. The lowest BCUT2D eigenvalue weighted by atomic mass is 10.2. The largest absolute Gasteiger partial charge is 0.459 e. The molecular formula is C18H22N4O3. The maximum atomic E-state index is 12.2. The highest BCUT2D eigenvalue weighted by Gasteiger charge is 2.24. The predicted molar refractivity (Wildman–Crippen MR) is 95.3 cm³/mol. The number of nitrogens with two attached hydrogens (primary N) is 1. The van der Waals surface area contributed by atoms with Gasteiger partial charge in [0.25, 0.3) is 5.91 Å². The molecule has 1 aliphatic rings. The highest BCUT2D eigenvalue weighted by Crippen LogP contribution is 2.17. The summed E-state index contributed by atoms with van der Waals surface area (Å²) in [4.78, 5) is 28.2. The molecule has 132 valence electrons. The number of hydrogen-bond acceptors (Lipinski definition) is 5. The van der Waals surface area contributed by atoms with Gasteiger partial charge in [-0.1, -0.05) is 0 Å². The summed E-state index contributed by atoms with van der Waals surface area (Å²) in [6.07, 6.45) is 1.49. The van der Waals surface area contributed by atoms with Crippen molar-refractivity contribution in [2.24, 2.45) is 0 Å². The maximum Gasteiger partial charge on any atom is 0.289 e. The Labute approximate surface area is 146 Å². The molecule has 2 aromatic rings. The Morgan fingerprint density at radius 2 is 1.96 bits per heavy atom. The molecule has 1 aromatic heterocycles. The van der Waals surface area contributed by atoms with E-state index in [9.17, 15) is 9.59 Å². The summed E-state index contributed by atoms with van der Waals surface area (Å²) in [5, 5.41) is 2.91. The minimum Gasteiger partial charge on any atom is -0.459 e. The number of piperazine rings is 1. The van der Waals surface area contributed by atoms with E-state index in [2.05, 4.69) is 5.32 Å². The van der Waals surface area contributed by atoms with Crippen molar-refractivity contribution in [1.82, 2.24) is 9.80 Å². The number of nitrogen functional groups attached to an aromatic ring is 1. The van der Waals surface area contributed by atoms with Crippen LogP contribution in [0.25, 0.3) is 0 Å². The van der Waals surface area contributed by atoms with Crippen molar-refractivity contribution in [2.75, 3.05) is 43.8 Å². The van der Waals surface area contributed by atoms with Gasteiger partial charge in [0.15, 0.2) is 5.76 Å². The number of aryl methyl sites for hydroxylation is 1. The number of nitrogens with one attached hydrogen (secondary N) is 1. The fourth-order valence-electron chi connectivity index (χ4n) is 2.89. The van der Waals surface area contributed by atoms with Crippen molar-refractivity contribution < 1.29 is 14.0 Å². The van der Waals surface area contributed by atoms with E-state index in [0.717, 1.165) is 11.3 Å². The molecular weight excluding hydrogens is 320 g/mol. The first-order valence-electron chi connectivity index (χ1n) is 8.24. The van der Waals surface area contributed by atoms with Gasteiger partial charge in [-0.05, 0) is 42.8 Å². The highest BCUT2D eigenvalue weighted by atomic mass is 16.3. The summed E-state index contributed by atoms with van der Waals surface area (Å²) in [5.74, 6) is 0.176. The van der Waals surface area contributed by atoms with E-state index in [-0.39, 0.29) is 11.8 Å². The molecule has 0 bridgehead atoms. The summed E-state index contributed by atoms with van der Waals surface area (Å²) in [6.45, 7) is 4.67. The molecule has 0 unspecified atom stereocenters. The van der Waals surface area contributed by atoms with Crippen LogP contribution in [0.15, 0.2) is 41.0 Å². The van der Waals surface area contributed by atoms with Gasteiger partial charge in [-0.25, -0.2) is 0 Å². The second-order valence-corrected chi connectivity index (χ2v) is 6.17. The fourth-order valence-corrected chi connectivity index (χ4v) is 2.89. The van der Waals surface area contributed by atoms with Gasteiger partial charge in [0.05, 0.1) is 12.8 Å². The number of nitrogens with zero attached hydrogens (tertiary/aromatic N) is 2. The number of anilines is 2. The van der Waals surface area contributed by atoms with Crippen LogP contribution in [-0.4, -0.2) is 54.3 Å². The Balaban J connectivity index is 1.48. The molecule has 1 saturated heterocycles. The molecule has 0 radical (unpaired) electrons. The van der Waals surface area contributed by atoms with Crippen molar-refractivity contribution in [3.05, 3.63) is 47.9 Å². The van der Waals surface area contributed by atoms with Gasteiger partial charge in [-0.15, -0.1) is 0 Å². The third kappa shape index (κ3) is 4.19. The lowest BCUT2D eigenvalue weighted by Gasteiger charge is -2.33. The minimum absolute atomic E-state index is 0.0707. The van der Waals surface area contributed by atoms with Crippen LogP contribution in [0.2, 0.25) is 0 Å². The Morgan fingerprint density at radius 1 is 1.20 bits per heavy atom. The van der Waals surface area contributed by atoms with E-state index in [4.69, 9.17) is 10.2 Å². The molecule has 25 heavy (non-hydrogen) atoms.